The molecule has 0 spiro atoms. The Bertz CT molecular complexity index is 274. The summed E-state index contributed by atoms with van der Waals surface area (Å²) in [4.78, 5) is 11.4. The van der Waals surface area contributed by atoms with E-state index in [-0.39, 0.29) is 23.5 Å². The molecule has 3 nitrogen and oxygen atoms in total. The second-order valence-corrected chi connectivity index (χ2v) is 5.12. The molecular formula is C10H15NO2. The first kappa shape index (κ1) is 7.80. The molecule has 2 aliphatic carbocycles. The van der Waals surface area contributed by atoms with E-state index in [1.807, 2.05) is 0 Å². The predicted molar refractivity (Wildman–Crippen MR) is 46.8 cm³/mol. The molecule has 2 N–H and O–H groups in total. The lowest BCUT2D eigenvalue weighted by molar-refractivity contribution is -0.147. The molecule has 5 atom stereocenters. The fourth-order valence-electron chi connectivity index (χ4n) is 3.41. The van der Waals surface area contributed by atoms with Crippen molar-refractivity contribution in [3.8, 4) is 0 Å². The van der Waals surface area contributed by atoms with Crippen molar-refractivity contribution in [2.24, 2.45) is 23.5 Å². The van der Waals surface area contributed by atoms with Crippen LogP contribution in [0.2, 0.25) is 0 Å². The van der Waals surface area contributed by atoms with Crippen molar-refractivity contribution in [3.05, 3.63) is 0 Å². The molecule has 1 aliphatic heterocycles. The zero-order valence-corrected chi connectivity index (χ0v) is 7.82. The maximum absolute atomic E-state index is 11.4. The van der Waals surface area contributed by atoms with E-state index in [4.69, 9.17) is 10.5 Å². The van der Waals surface area contributed by atoms with Gasteiger partial charge in [-0.25, -0.2) is 0 Å². The van der Waals surface area contributed by atoms with E-state index in [0.29, 0.717) is 11.8 Å². The number of rotatable bonds is 0. The summed E-state index contributed by atoms with van der Waals surface area (Å²) >= 11 is 0. The minimum atomic E-state index is -0.101. The average molecular weight is 181 g/mol. The fourth-order valence-corrected chi connectivity index (χ4v) is 3.41. The van der Waals surface area contributed by atoms with Crippen LogP contribution in [0.4, 0.5) is 0 Å². The van der Waals surface area contributed by atoms with E-state index in [2.05, 4.69) is 6.92 Å². The van der Waals surface area contributed by atoms with Gasteiger partial charge in [0.05, 0.1) is 5.92 Å². The Labute approximate surface area is 77.6 Å². The molecule has 2 bridgehead atoms. The van der Waals surface area contributed by atoms with E-state index in [9.17, 15) is 4.79 Å². The normalized spacial score (nSPS) is 58.2. The molecule has 72 valence electrons. The first-order valence-electron chi connectivity index (χ1n) is 5.07. The van der Waals surface area contributed by atoms with E-state index in [1.54, 1.807) is 0 Å². The van der Waals surface area contributed by atoms with Crippen molar-refractivity contribution in [3.63, 3.8) is 0 Å². The minimum absolute atomic E-state index is 0.0352. The van der Waals surface area contributed by atoms with Crippen molar-refractivity contribution in [2.45, 2.75) is 37.8 Å². The number of fused-ring (bicyclic) bond motifs is 1. The molecule has 0 aromatic heterocycles. The highest BCUT2D eigenvalue weighted by molar-refractivity contribution is 5.76. The van der Waals surface area contributed by atoms with Crippen LogP contribution in [0, 0.1) is 17.8 Å². The third-order valence-electron chi connectivity index (χ3n) is 4.23. The highest BCUT2D eigenvalue weighted by atomic mass is 16.6. The van der Waals surface area contributed by atoms with E-state index < -0.39 is 0 Å². The number of ether oxygens (including phenoxy) is 1. The highest BCUT2D eigenvalue weighted by Crippen LogP contribution is 2.54. The molecule has 3 rings (SSSR count). The highest BCUT2D eigenvalue weighted by Gasteiger charge is 2.58. The molecule has 0 amide bonds. The zero-order chi connectivity index (χ0) is 9.22. The zero-order valence-electron chi connectivity index (χ0n) is 7.82. The van der Waals surface area contributed by atoms with Crippen molar-refractivity contribution >= 4 is 5.97 Å². The Morgan fingerprint density at radius 2 is 2.31 bits per heavy atom. The summed E-state index contributed by atoms with van der Waals surface area (Å²) in [5.74, 6) is 1.26. The number of hydrogen-bond donors (Lipinski definition) is 1. The third kappa shape index (κ3) is 0.857. The third-order valence-corrected chi connectivity index (χ3v) is 4.23. The Kier molecular flexibility index (Phi) is 1.25. The molecule has 0 aromatic carbocycles. The summed E-state index contributed by atoms with van der Waals surface area (Å²) in [5.41, 5.74) is 6.10. The first-order chi connectivity index (χ1) is 6.08. The number of esters is 1. The Morgan fingerprint density at radius 3 is 3.08 bits per heavy atom. The van der Waals surface area contributed by atoms with Crippen LogP contribution in [0.5, 0.6) is 0 Å². The standard InChI is InChI=1S/C10H15NO2/c1-10(11)4-8-6-2-5(10)3-7(6)9(12)13-8/h5-8H,2-4,11H2,1H3. The summed E-state index contributed by atoms with van der Waals surface area (Å²) in [6, 6.07) is 0. The van der Waals surface area contributed by atoms with Crippen LogP contribution in [-0.4, -0.2) is 17.6 Å². The van der Waals surface area contributed by atoms with Gasteiger partial charge in [0.25, 0.3) is 0 Å². The summed E-state index contributed by atoms with van der Waals surface area (Å²) in [7, 11) is 0. The first-order valence-corrected chi connectivity index (χ1v) is 5.07. The largest absolute Gasteiger partial charge is 0.462 e. The van der Waals surface area contributed by atoms with Crippen LogP contribution in [0.15, 0.2) is 0 Å². The van der Waals surface area contributed by atoms with Crippen LogP contribution in [-0.2, 0) is 9.53 Å². The molecule has 3 fully saturated rings. The molecule has 5 unspecified atom stereocenters. The van der Waals surface area contributed by atoms with Crippen LogP contribution in [0.3, 0.4) is 0 Å². The molecule has 0 aromatic rings. The van der Waals surface area contributed by atoms with Gasteiger partial charge in [-0.15, -0.1) is 0 Å². The second-order valence-electron chi connectivity index (χ2n) is 5.12. The lowest BCUT2D eigenvalue weighted by Gasteiger charge is -2.39. The summed E-state index contributed by atoms with van der Waals surface area (Å²) in [5, 5.41) is 0. The van der Waals surface area contributed by atoms with Crippen LogP contribution < -0.4 is 5.73 Å². The quantitative estimate of drug-likeness (QED) is 0.559. The topological polar surface area (TPSA) is 52.3 Å². The van der Waals surface area contributed by atoms with Crippen molar-refractivity contribution in [1.82, 2.24) is 0 Å². The van der Waals surface area contributed by atoms with Gasteiger partial charge in [0.1, 0.15) is 6.10 Å². The van der Waals surface area contributed by atoms with E-state index in [0.717, 1.165) is 19.3 Å². The number of carbonyl (C=O) groups is 1. The van der Waals surface area contributed by atoms with Gasteiger partial charge in [-0.2, -0.15) is 0 Å². The average Bonchev–Trinajstić information content (AvgIpc) is 2.51. The maximum Gasteiger partial charge on any atom is 0.309 e. The second kappa shape index (κ2) is 2.08. The summed E-state index contributed by atoms with van der Waals surface area (Å²) in [6.45, 7) is 2.10. The van der Waals surface area contributed by atoms with Crippen molar-refractivity contribution < 1.29 is 9.53 Å². The number of nitrogens with two attached hydrogens (primary N) is 1. The molecule has 3 heteroatoms. The molecule has 3 aliphatic rings. The van der Waals surface area contributed by atoms with Gasteiger partial charge in [-0.1, -0.05) is 0 Å². The molecule has 13 heavy (non-hydrogen) atoms. The maximum atomic E-state index is 11.4. The monoisotopic (exact) mass is 181 g/mol. The summed E-state index contributed by atoms with van der Waals surface area (Å²) < 4.78 is 5.33. The molecule has 1 saturated heterocycles. The Morgan fingerprint density at radius 1 is 1.54 bits per heavy atom. The van der Waals surface area contributed by atoms with Crippen molar-refractivity contribution in [2.75, 3.05) is 0 Å². The van der Waals surface area contributed by atoms with Gasteiger partial charge in [0, 0.05) is 17.9 Å². The number of hydrogen-bond acceptors (Lipinski definition) is 3. The fraction of sp³-hybridized carbons (Fsp3) is 0.900. The van der Waals surface area contributed by atoms with Gasteiger partial charge < -0.3 is 10.5 Å². The van der Waals surface area contributed by atoms with Crippen LogP contribution >= 0.6 is 0 Å². The van der Waals surface area contributed by atoms with Gasteiger partial charge in [0.2, 0.25) is 0 Å². The summed E-state index contributed by atoms with van der Waals surface area (Å²) in [6.07, 6.45) is 3.07. The molecule has 1 heterocycles. The SMILES string of the molecule is CC1(N)CC2OC(=O)C3CC1CC23. The van der Waals surface area contributed by atoms with E-state index in [1.165, 1.54) is 0 Å². The van der Waals surface area contributed by atoms with Crippen LogP contribution in [0.25, 0.3) is 0 Å². The van der Waals surface area contributed by atoms with Crippen LogP contribution in [0.1, 0.15) is 26.2 Å². The van der Waals surface area contributed by atoms with Gasteiger partial charge in [-0.05, 0) is 25.7 Å². The van der Waals surface area contributed by atoms with E-state index >= 15 is 0 Å². The molecule has 0 radical (unpaired) electrons. The Hall–Kier alpha value is -0.570. The smallest absolute Gasteiger partial charge is 0.309 e. The minimum Gasteiger partial charge on any atom is -0.462 e. The molecule has 2 saturated carbocycles. The lowest BCUT2D eigenvalue weighted by atomic mass is 9.74. The predicted octanol–water partition coefficient (Wildman–Crippen LogP) is 0.675. The van der Waals surface area contributed by atoms with Gasteiger partial charge in [-0.3, -0.25) is 4.79 Å². The number of carbonyl (C=O) groups excluding carboxylic acids is 1. The van der Waals surface area contributed by atoms with Gasteiger partial charge in [0.15, 0.2) is 0 Å². The molecular weight excluding hydrogens is 166 g/mol. The lowest BCUT2D eigenvalue weighted by Crippen LogP contribution is -2.50. The van der Waals surface area contributed by atoms with Gasteiger partial charge >= 0.3 is 5.97 Å². The van der Waals surface area contributed by atoms with Crippen molar-refractivity contribution in [1.29, 1.82) is 0 Å². The Balaban J connectivity index is 1.98.